The van der Waals surface area contributed by atoms with Crippen molar-refractivity contribution in [2.24, 2.45) is 0 Å². The molecule has 5 nitrogen and oxygen atoms in total. The molecule has 1 aromatic heterocycles. The molecule has 0 bridgehead atoms. The van der Waals surface area contributed by atoms with Crippen molar-refractivity contribution in [1.29, 1.82) is 5.26 Å². The molecule has 6 heteroatoms. The lowest BCUT2D eigenvalue weighted by Crippen LogP contribution is -2.48. The zero-order valence-corrected chi connectivity index (χ0v) is 19.6. The quantitative estimate of drug-likeness (QED) is 0.504. The van der Waals surface area contributed by atoms with Gasteiger partial charge in [0.1, 0.15) is 17.5 Å². The summed E-state index contributed by atoms with van der Waals surface area (Å²) in [6.07, 6.45) is 2.32. The molecule has 1 unspecified atom stereocenters. The van der Waals surface area contributed by atoms with Crippen molar-refractivity contribution in [3.63, 3.8) is 0 Å². The SMILES string of the molecule is CCN(CC)C1CCCN(c2c(C#N)c(NCc3ccc(Cl)cc3)nc3ccccc23)C1. The Kier molecular flexibility index (Phi) is 7.14. The minimum absolute atomic E-state index is 0.502. The van der Waals surface area contributed by atoms with Crippen molar-refractivity contribution in [2.45, 2.75) is 39.3 Å². The highest BCUT2D eigenvalue weighted by Gasteiger charge is 2.28. The lowest BCUT2D eigenvalue weighted by molar-refractivity contribution is 0.193. The van der Waals surface area contributed by atoms with Crippen LogP contribution >= 0.6 is 11.6 Å². The van der Waals surface area contributed by atoms with Crippen molar-refractivity contribution in [3.05, 3.63) is 64.7 Å². The maximum absolute atomic E-state index is 10.2. The summed E-state index contributed by atoms with van der Waals surface area (Å²) in [5.74, 6) is 0.640. The van der Waals surface area contributed by atoms with E-state index in [9.17, 15) is 5.26 Å². The number of rotatable bonds is 7. The smallest absolute Gasteiger partial charge is 0.147 e. The van der Waals surface area contributed by atoms with E-state index in [1.807, 2.05) is 42.5 Å². The van der Waals surface area contributed by atoms with Crippen LogP contribution in [0.1, 0.15) is 37.8 Å². The lowest BCUT2D eigenvalue weighted by Gasteiger charge is -2.40. The Labute approximate surface area is 195 Å². The summed E-state index contributed by atoms with van der Waals surface area (Å²) in [5, 5.41) is 15.4. The predicted molar refractivity (Wildman–Crippen MR) is 133 cm³/mol. The van der Waals surface area contributed by atoms with Gasteiger partial charge in [-0.3, -0.25) is 4.90 Å². The van der Waals surface area contributed by atoms with Crippen molar-refractivity contribution in [3.8, 4) is 6.07 Å². The summed E-state index contributed by atoms with van der Waals surface area (Å²) in [5.41, 5.74) is 3.63. The molecule has 1 saturated heterocycles. The number of para-hydroxylation sites is 1. The monoisotopic (exact) mass is 447 g/mol. The molecule has 0 radical (unpaired) electrons. The Bertz CT molecular complexity index is 1100. The molecule has 1 N–H and O–H groups in total. The van der Waals surface area contributed by atoms with Crippen LogP contribution in [0.25, 0.3) is 10.9 Å². The summed E-state index contributed by atoms with van der Waals surface area (Å²) in [7, 11) is 0. The summed E-state index contributed by atoms with van der Waals surface area (Å²) in [4.78, 5) is 9.76. The number of benzene rings is 2. The molecular formula is C26H30ClN5. The summed E-state index contributed by atoms with van der Waals surface area (Å²) < 4.78 is 0. The molecule has 0 aliphatic carbocycles. The van der Waals surface area contributed by atoms with Gasteiger partial charge in [0.15, 0.2) is 0 Å². The molecule has 1 atom stereocenters. The molecule has 0 saturated carbocycles. The van der Waals surface area contributed by atoms with Crippen LogP contribution in [0.3, 0.4) is 0 Å². The van der Waals surface area contributed by atoms with Gasteiger partial charge in [0.25, 0.3) is 0 Å². The Morgan fingerprint density at radius 2 is 1.91 bits per heavy atom. The number of nitrogens with zero attached hydrogens (tertiary/aromatic N) is 4. The predicted octanol–water partition coefficient (Wildman–Crippen LogP) is 5.68. The normalized spacial score (nSPS) is 16.3. The minimum Gasteiger partial charge on any atom is -0.368 e. The van der Waals surface area contributed by atoms with Gasteiger partial charge >= 0.3 is 0 Å². The number of hydrogen-bond donors (Lipinski definition) is 1. The number of piperidine rings is 1. The van der Waals surface area contributed by atoms with Crippen LogP contribution in [0.2, 0.25) is 5.02 Å². The van der Waals surface area contributed by atoms with E-state index in [4.69, 9.17) is 16.6 Å². The molecule has 2 heterocycles. The van der Waals surface area contributed by atoms with E-state index in [1.165, 1.54) is 6.42 Å². The standard InChI is InChI=1S/C26H30ClN5/c1-3-31(4-2)21-8-7-15-32(18-21)25-22-9-5-6-10-24(22)30-26(23(25)16-28)29-17-19-11-13-20(27)14-12-19/h5-6,9-14,21H,3-4,7-8,15,17-18H2,1-2H3,(H,29,30). The van der Waals surface area contributed by atoms with E-state index in [0.717, 1.165) is 54.8 Å². The summed E-state index contributed by atoms with van der Waals surface area (Å²) in [6, 6.07) is 18.9. The van der Waals surface area contributed by atoms with Crippen LogP contribution < -0.4 is 10.2 Å². The molecule has 0 amide bonds. The maximum atomic E-state index is 10.2. The third-order valence-electron chi connectivity index (χ3n) is 6.39. The molecule has 4 rings (SSSR count). The Balaban J connectivity index is 1.72. The van der Waals surface area contributed by atoms with Crippen molar-refractivity contribution in [2.75, 3.05) is 36.4 Å². The van der Waals surface area contributed by atoms with Crippen molar-refractivity contribution < 1.29 is 0 Å². The number of hydrogen-bond acceptors (Lipinski definition) is 5. The topological polar surface area (TPSA) is 55.2 Å². The zero-order valence-electron chi connectivity index (χ0n) is 18.8. The van der Waals surface area contributed by atoms with E-state index in [2.05, 4.69) is 41.1 Å². The molecule has 0 spiro atoms. The van der Waals surface area contributed by atoms with E-state index in [-0.39, 0.29) is 0 Å². The molecule has 1 aliphatic heterocycles. The highest BCUT2D eigenvalue weighted by Crippen LogP contribution is 2.36. The van der Waals surface area contributed by atoms with E-state index in [0.29, 0.717) is 29.0 Å². The van der Waals surface area contributed by atoms with Gasteiger partial charge in [-0.1, -0.05) is 55.8 Å². The number of aromatic nitrogens is 1. The highest BCUT2D eigenvalue weighted by molar-refractivity contribution is 6.30. The fraction of sp³-hybridized carbons (Fsp3) is 0.385. The number of fused-ring (bicyclic) bond motifs is 1. The first kappa shape index (κ1) is 22.4. The van der Waals surface area contributed by atoms with Crippen molar-refractivity contribution in [1.82, 2.24) is 9.88 Å². The van der Waals surface area contributed by atoms with Crippen LogP contribution in [-0.2, 0) is 6.54 Å². The fourth-order valence-corrected chi connectivity index (χ4v) is 4.87. The number of halogens is 1. The van der Waals surface area contributed by atoms with Crippen molar-refractivity contribution >= 4 is 34.0 Å². The van der Waals surface area contributed by atoms with E-state index < -0.39 is 0 Å². The third-order valence-corrected chi connectivity index (χ3v) is 6.64. The summed E-state index contributed by atoms with van der Waals surface area (Å²) in [6.45, 7) is 9.01. The number of nitriles is 1. The molecule has 1 fully saturated rings. The molecule has 2 aromatic carbocycles. The first-order chi connectivity index (χ1) is 15.6. The molecule has 1 aliphatic rings. The summed E-state index contributed by atoms with van der Waals surface area (Å²) >= 11 is 6.02. The van der Waals surface area contributed by atoms with Gasteiger partial charge in [-0.05, 0) is 49.7 Å². The van der Waals surface area contributed by atoms with Crippen LogP contribution in [0.15, 0.2) is 48.5 Å². The second-order valence-electron chi connectivity index (χ2n) is 8.26. The van der Waals surface area contributed by atoms with Gasteiger partial charge < -0.3 is 10.2 Å². The second kappa shape index (κ2) is 10.2. The molecule has 32 heavy (non-hydrogen) atoms. The highest BCUT2D eigenvalue weighted by atomic mass is 35.5. The first-order valence-electron chi connectivity index (χ1n) is 11.4. The Hall–Kier alpha value is -2.81. The van der Waals surface area contributed by atoms with Crippen LogP contribution in [0.5, 0.6) is 0 Å². The lowest BCUT2D eigenvalue weighted by atomic mass is 10.00. The molecule has 3 aromatic rings. The zero-order chi connectivity index (χ0) is 22.5. The van der Waals surface area contributed by atoms with Crippen LogP contribution in [-0.4, -0.2) is 42.1 Å². The number of pyridine rings is 1. The van der Waals surface area contributed by atoms with E-state index in [1.54, 1.807) is 0 Å². The van der Waals surface area contributed by atoms with E-state index >= 15 is 0 Å². The van der Waals surface area contributed by atoms with Gasteiger partial charge in [-0.25, -0.2) is 4.98 Å². The minimum atomic E-state index is 0.502. The maximum Gasteiger partial charge on any atom is 0.147 e. The van der Waals surface area contributed by atoms with Crippen LogP contribution in [0, 0.1) is 11.3 Å². The number of likely N-dealkylation sites (N-methyl/N-ethyl adjacent to an activating group) is 1. The van der Waals surface area contributed by atoms with Gasteiger partial charge in [0.2, 0.25) is 0 Å². The van der Waals surface area contributed by atoms with Crippen LogP contribution in [0.4, 0.5) is 11.5 Å². The van der Waals surface area contributed by atoms with Gasteiger partial charge in [0.05, 0.1) is 11.2 Å². The Morgan fingerprint density at radius 1 is 1.16 bits per heavy atom. The van der Waals surface area contributed by atoms with Gasteiger partial charge in [0, 0.05) is 36.1 Å². The number of nitrogens with one attached hydrogen (secondary N) is 1. The molecular weight excluding hydrogens is 418 g/mol. The average molecular weight is 448 g/mol. The number of anilines is 2. The molecule has 166 valence electrons. The Morgan fingerprint density at radius 3 is 2.62 bits per heavy atom. The fourth-order valence-electron chi connectivity index (χ4n) is 4.74. The first-order valence-corrected chi connectivity index (χ1v) is 11.8. The average Bonchev–Trinajstić information content (AvgIpc) is 2.83. The van der Waals surface area contributed by atoms with Gasteiger partial charge in [-0.2, -0.15) is 5.26 Å². The third kappa shape index (κ3) is 4.67. The second-order valence-corrected chi connectivity index (χ2v) is 8.69. The largest absolute Gasteiger partial charge is 0.368 e. The van der Waals surface area contributed by atoms with Gasteiger partial charge in [-0.15, -0.1) is 0 Å².